The van der Waals surface area contributed by atoms with Gasteiger partial charge in [0.1, 0.15) is 36.2 Å². The maximum Gasteiger partial charge on any atom is 0.326 e. The van der Waals surface area contributed by atoms with Crippen LogP contribution in [0.1, 0.15) is 65.6 Å². The summed E-state index contributed by atoms with van der Waals surface area (Å²) in [5.74, 6) is -1.55. The van der Waals surface area contributed by atoms with Gasteiger partial charge in [-0.25, -0.2) is 4.79 Å². The molecule has 11 nitrogen and oxygen atoms in total. The van der Waals surface area contributed by atoms with Gasteiger partial charge in [0, 0.05) is 29.9 Å². The van der Waals surface area contributed by atoms with Crippen LogP contribution >= 0.6 is 22.9 Å². The molecule has 2 aromatic carbocycles. The number of aliphatic carboxylic acids is 1. The molecule has 0 bridgehead atoms. The molecule has 2 aliphatic rings. The first kappa shape index (κ1) is 30.2. The summed E-state index contributed by atoms with van der Waals surface area (Å²) in [5.41, 5.74) is 2.34. The molecule has 3 amide bonds. The molecule has 2 N–H and O–H groups in total. The van der Waals surface area contributed by atoms with Crippen molar-refractivity contribution in [2.75, 3.05) is 19.6 Å². The molecule has 13 heteroatoms. The van der Waals surface area contributed by atoms with Crippen molar-refractivity contribution in [3.8, 4) is 5.75 Å². The first-order valence-corrected chi connectivity index (χ1v) is 14.8. The molecule has 0 aliphatic carbocycles. The number of thiazole rings is 1. The Morgan fingerprint density at radius 1 is 1.16 bits per heavy atom. The van der Waals surface area contributed by atoms with Gasteiger partial charge in [0.05, 0.1) is 22.0 Å². The fraction of sp³-hybridized carbons (Fsp3) is 0.333. The Morgan fingerprint density at radius 2 is 1.91 bits per heavy atom. The Morgan fingerprint density at radius 3 is 2.53 bits per heavy atom. The summed E-state index contributed by atoms with van der Waals surface area (Å²) in [5, 5.41) is 12.5. The Labute approximate surface area is 257 Å². The summed E-state index contributed by atoms with van der Waals surface area (Å²) in [6, 6.07) is 10.2. The van der Waals surface area contributed by atoms with E-state index in [4.69, 9.17) is 21.3 Å². The van der Waals surface area contributed by atoms with E-state index in [-0.39, 0.29) is 29.6 Å². The maximum atomic E-state index is 14.4. The van der Waals surface area contributed by atoms with Gasteiger partial charge in [-0.3, -0.25) is 29.3 Å². The third-order valence-electron chi connectivity index (χ3n) is 6.81. The molecule has 224 valence electrons. The predicted molar refractivity (Wildman–Crippen MR) is 161 cm³/mol. The van der Waals surface area contributed by atoms with E-state index in [1.54, 1.807) is 34.8 Å². The molecule has 2 aliphatic heterocycles. The number of carbonyl (C=O) groups is 4. The third kappa shape index (κ3) is 6.70. The highest BCUT2D eigenvalue weighted by molar-refractivity contribution is 7.09. The highest BCUT2D eigenvalue weighted by Gasteiger charge is 2.45. The summed E-state index contributed by atoms with van der Waals surface area (Å²) in [7, 11) is 0. The number of halogens is 1. The third-order valence-corrected chi connectivity index (χ3v) is 7.91. The number of Topliss-reactive ketones (excluding diaryl/α,β-unsaturated/α-hetero) is 1. The normalized spacial score (nSPS) is 18.7. The molecule has 2 atom stereocenters. The number of urea groups is 1. The van der Waals surface area contributed by atoms with E-state index in [0.29, 0.717) is 23.7 Å². The summed E-state index contributed by atoms with van der Waals surface area (Å²) in [6.45, 7) is 6.02. The number of hydrogen-bond acceptors (Lipinski definition) is 8. The lowest BCUT2D eigenvalue weighted by Gasteiger charge is -2.36. The zero-order valence-corrected chi connectivity index (χ0v) is 25.3. The molecular weight excluding hydrogens is 594 g/mol. The van der Waals surface area contributed by atoms with Gasteiger partial charge in [-0.1, -0.05) is 29.8 Å². The lowest BCUT2D eigenvalue weighted by atomic mass is 9.98. The number of carboxylic acid groups (broad SMARTS) is 1. The van der Waals surface area contributed by atoms with Gasteiger partial charge in [-0.2, -0.15) is 0 Å². The average molecular weight is 624 g/mol. The number of amidine groups is 1. The zero-order chi connectivity index (χ0) is 30.9. The number of aromatic nitrogens is 1. The molecule has 0 radical (unpaired) electrons. The largest absolute Gasteiger partial charge is 0.487 e. The van der Waals surface area contributed by atoms with Gasteiger partial charge >= 0.3 is 12.0 Å². The van der Waals surface area contributed by atoms with Crippen molar-refractivity contribution in [1.82, 2.24) is 20.1 Å². The summed E-state index contributed by atoms with van der Waals surface area (Å²) < 4.78 is 6.29. The molecule has 43 heavy (non-hydrogen) atoms. The summed E-state index contributed by atoms with van der Waals surface area (Å²) in [4.78, 5) is 63.8. The Bertz CT molecular complexity index is 1590. The standard InChI is InChI=1S/C30H30ClN5O6S/c1-30(2,3)42-22-12-18(21(37)13-25(39)40)6-9-20(22)28-34-26(23-14-32-16-43-23)27(17-4-7-19(31)8-5-17)36(28)29(41)35-11-10-33-24(38)15-35/h4-9,12,14,16,26-27H,10-11,13,15H2,1-3H3,(H,33,38)(H,39,40)/t26-,27+/m0/s1. The van der Waals surface area contributed by atoms with Gasteiger partial charge in [-0.05, 0) is 50.6 Å². The molecule has 1 aromatic heterocycles. The second kappa shape index (κ2) is 12.1. The molecule has 0 saturated carbocycles. The van der Waals surface area contributed by atoms with E-state index in [9.17, 15) is 24.3 Å². The van der Waals surface area contributed by atoms with Crippen LogP contribution in [0.3, 0.4) is 0 Å². The van der Waals surface area contributed by atoms with Gasteiger partial charge < -0.3 is 20.1 Å². The van der Waals surface area contributed by atoms with Gasteiger partial charge in [0.25, 0.3) is 0 Å². The monoisotopic (exact) mass is 623 g/mol. The van der Waals surface area contributed by atoms with Crippen molar-refractivity contribution in [2.24, 2.45) is 4.99 Å². The van der Waals surface area contributed by atoms with Crippen molar-refractivity contribution in [1.29, 1.82) is 0 Å². The minimum atomic E-state index is -1.24. The SMILES string of the molecule is CC(C)(C)Oc1cc(C(=O)CC(=O)O)ccc1C1=N[C@@H](c2cncs2)[C@@H](c2ccc(Cl)cc2)N1C(=O)N1CCNC(=O)C1. The average Bonchev–Trinajstić information content (AvgIpc) is 3.60. The van der Waals surface area contributed by atoms with E-state index in [2.05, 4.69) is 10.3 Å². The molecule has 0 unspecified atom stereocenters. The van der Waals surface area contributed by atoms with Crippen LogP contribution in [0.25, 0.3) is 0 Å². The van der Waals surface area contributed by atoms with Crippen LogP contribution in [0.5, 0.6) is 5.75 Å². The topological polar surface area (TPSA) is 142 Å². The first-order valence-electron chi connectivity index (χ1n) is 13.6. The second-order valence-corrected chi connectivity index (χ2v) is 12.5. The van der Waals surface area contributed by atoms with Crippen LogP contribution in [0.2, 0.25) is 5.02 Å². The molecular formula is C30H30ClN5O6S. The fourth-order valence-electron chi connectivity index (χ4n) is 5.02. The quantitative estimate of drug-likeness (QED) is 0.286. The highest BCUT2D eigenvalue weighted by atomic mass is 35.5. The number of hydrogen-bond donors (Lipinski definition) is 2. The van der Waals surface area contributed by atoms with Gasteiger partial charge in [0.2, 0.25) is 5.91 Å². The zero-order valence-electron chi connectivity index (χ0n) is 23.7. The van der Waals surface area contributed by atoms with Crippen LogP contribution in [-0.4, -0.2) is 74.7 Å². The van der Waals surface area contributed by atoms with Crippen molar-refractivity contribution >= 4 is 52.5 Å². The van der Waals surface area contributed by atoms with Crippen molar-refractivity contribution in [3.63, 3.8) is 0 Å². The number of piperazine rings is 1. The van der Waals surface area contributed by atoms with Crippen LogP contribution in [-0.2, 0) is 9.59 Å². The number of aliphatic imine (C=N–C) groups is 1. The van der Waals surface area contributed by atoms with E-state index in [1.165, 1.54) is 28.4 Å². The van der Waals surface area contributed by atoms with Crippen LogP contribution in [0.4, 0.5) is 4.79 Å². The number of rotatable bonds is 7. The molecule has 3 heterocycles. The van der Waals surface area contributed by atoms with Crippen LogP contribution in [0.15, 0.2) is 59.2 Å². The molecule has 5 rings (SSSR count). The molecule has 1 saturated heterocycles. The number of nitrogens with one attached hydrogen (secondary N) is 1. The summed E-state index contributed by atoms with van der Waals surface area (Å²) >= 11 is 7.62. The number of amides is 3. The van der Waals surface area contributed by atoms with Crippen molar-refractivity contribution in [2.45, 2.75) is 44.9 Å². The van der Waals surface area contributed by atoms with E-state index in [0.717, 1.165) is 10.4 Å². The molecule has 1 fully saturated rings. The number of carbonyl (C=O) groups excluding carboxylic acids is 3. The lowest BCUT2D eigenvalue weighted by molar-refractivity contribution is -0.136. The minimum Gasteiger partial charge on any atom is -0.487 e. The van der Waals surface area contributed by atoms with E-state index in [1.807, 2.05) is 32.9 Å². The van der Waals surface area contributed by atoms with Crippen molar-refractivity contribution in [3.05, 3.63) is 80.8 Å². The van der Waals surface area contributed by atoms with E-state index >= 15 is 0 Å². The highest BCUT2D eigenvalue weighted by Crippen LogP contribution is 2.46. The van der Waals surface area contributed by atoms with Crippen LogP contribution in [0, 0.1) is 0 Å². The first-order chi connectivity index (χ1) is 20.4. The van der Waals surface area contributed by atoms with Gasteiger partial charge in [-0.15, -0.1) is 11.3 Å². The molecule has 0 spiro atoms. The lowest BCUT2D eigenvalue weighted by Crippen LogP contribution is -2.55. The maximum absolute atomic E-state index is 14.4. The number of ether oxygens (including phenoxy) is 1. The number of ketones is 1. The second-order valence-electron chi connectivity index (χ2n) is 11.1. The fourth-order valence-corrected chi connectivity index (χ4v) is 5.83. The Balaban J connectivity index is 1.69. The molecule has 3 aromatic rings. The van der Waals surface area contributed by atoms with E-state index < -0.39 is 41.9 Å². The Hall–Kier alpha value is -4.29. The minimum absolute atomic E-state index is 0.116. The Kier molecular flexibility index (Phi) is 8.52. The smallest absolute Gasteiger partial charge is 0.326 e. The van der Waals surface area contributed by atoms with Crippen LogP contribution < -0.4 is 10.1 Å². The summed E-state index contributed by atoms with van der Waals surface area (Å²) in [6.07, 6.45) is 1.03. The van der Waals surface area contributed by atoms with Gasteiger partial charge in [0.15, 0.2) is 5.78 Å². The van der Waals surface area contributed by atoms with Crippen molar-refractivity contribution < 1.29 is 29.0 Å². The number of carboxylic acids is 1. The number of benzene rings is 2. The number of nitrogens with zero attached hydrogens (tertiary/aromatic N) is 4. The predicted octanol–water partition coefficient (Wildman–Crippen LogP) is 4.73.